The molecular formula is C55H56N2. The van der Waals surface area contributed by atoms with Crippen molar-refractivity contribution in [1.82, 2.24) is 0 Å². The Balaban J connectivity index is 1.27. The Morgan fingerprint density at radius 2 is 0.596 bits per heavy atom. The molecule has 2 nitrogen and oxygen atoms in total. The molecule has 0 aliphatic carbocycles. The molecule has 0 N–H and O–H groups in total. The minimum atomic E-state index is 0.0772. The van der Waals surface area contributed by atoms with Crippen LogP contribution in [0.15, 0.2) is 152 Å². The highest BCUT2D eigenvalue weighted by Crippen LogP contribution is 2.45. The van der Waals surface area contributed by atoms with Crippen molar-refractivity contribution < 1.29 is 0 Å². The van der Waals surface area contributed by atoms with Crippen LogP contribution in [0.4, 0.5) is 34.1 Å². The fourth-order valence-electron chi connectivity index (χ4n) is 8.18. The van der Waals surface area contributed by atoms with Crippen molar-refractivity contribution in [2.75, 3.05) is 9.80 Å². The molecule has 8 aromatic carbocycles. The van der Waals surface area contributed by atoms with Gasteiger partial charge >= 0.3 is 0 Å². The van der Waals surface area contributed by atoms with Crippen molar-refractivity contribution in [3.63, 3.8) is 0 Å². The molecule has 0 atom stereocenters. The summed E-state index contributed by atoms with van der Waals surface area (Å²) in [7, 11) is 0. The summed E-state index contributed by atoms with van der Waals surface area (Å²) in [6.07, 6.45) is 0. The molecule has 57 heavy (non-hydrogen) atoms. The van der Waals surface area contributed by atoms with Gasteiger partial charge in [-0.15, -0.1) is 0 Å². The van der Waals surface area contributed by atoms with Gasteiger partial charge in [-0.1, -0.05) is 147 Å². The molecule has 0 aromatic heterocycles. The second-order valence-corrected chi connectivity index (χ2v) is 19.1. The van der Waals surface area contributed by atoms with Gasteiger partial charge in [-0.2, -0.15) is 0 Å². The van der Waals surface area contributed by atoms with Crippen LogP contribution in [0.25, 0.3) is 37.9 Å². The van der Waals surface area contributed by atoms with Gasteiger partial charge in [-0.25, -0.2) is 0 Å². The van der Waals surface area contributed by atoms with E-state index in [4.69, 9.17) is 0 Å². The molecule has 2 heteroatoms. The summed E-state index contributed by atoms with van der Waals surface area (Å²) in [6, 6.07) is 54.8. The lowest BCUT2D eigenvalue weighted by molar-refractivity contribution is 0.590. The van der Waals surface area contributed by atoms with Gasteiger partial charge in [0.1, 0.15) is 0 Å². The average molecular weight is 745 g/mol. The molecule has 0 amide bonds. The molecule has 286 valence electrons. The van der Waals surface area contributed by atoms with Gasteiger partial charge in [0.2, 0.25) is 0 Å². The van der Waals surface area contributed by atoms with Crippen LogP contribution in [-0.4, -0.2) is 0 Å². The summed E-state index contributed by atoms with van der Waals surface area (Å²) >= 11 is 0. The molecule has 0 radical (unpaired) electrons. The fourth-order valence-corrected chi connectivity index (χ4v) is 8.18. The highest BCUT2D eigenvalue weighted by atomic mass is 15.1. The van der Waals surface area contributed by atoms with E-state index in [9.17, 15) is 0 Å². The lowest BCUT2D eigenvalue weighted by Gasteiger charge is -2.29. The van der Waals surface area contributed by atoms with Gasteiger partial charge in [0, 0.05) is 34.1 Å². The molecule has 0 fully saturated rings. The van der Waals surface area contributed by atoms with Crippen molar-refractivity contribution in [3.05, 3.63) is 174 Å². The maximum Gasteiger partial charge on any atom is 0.0473 e. The second-order valence-electron chi connectivity index (χ2n) is 19.1. The van der Waals surface area contributed by atoms with Gasteiger partial charge in [-0.3, -0.25) is 0 Å². The Hall–Kier alpha value is -5.86. The van der Waals surface area contributed by atoms with E-state index < -0.39 is 0 Å². The van der Waals surface area contributed by atoms with Crippen LogP contribution in [0.5, 0.6) is 0 Å². The maximum atomic E-state index is 4.18. The normalized spacial score (nSPS) is 12.5. The average Bonchev–Trinajstić information content (AvgIpc) is 3.17. The van der Waals surface area contributed by atoms with Gasteiger partial charge in [-0.05, 0) is 151 Å². The molecule has 0 heterocycles. The molecule has 0 bridgehead atoms. The third kappa shape index (κ3) is 7.30. The van der Waals surface area contributed by atoms with Crippen LogP contribution in [0.3, 0.4) is 0 Å². The van der Waals surface area contributed by atoms with E-state index in [1.807, 2.05) is 0 Å². The largest absolute Gasteiger partial charge is 0.310 e. The lowest BCUT2D eigenvalue weighted by Crippen LogP contribution is -2.14. The third-order valence-corrected chi connectivity index (χ3v) is 11.6. The van der Waals surface area contributed by atoms with E-state index in [0.717, 1.165) is 45.3 Å². The molecule has 0 aliphatic rings. The van der Waals surface area contributed by atoms with E-state index >= 15 is 0 Å². The van der Waals surface area contributed by atoms with Crippen molar-refractivity contribution in [2.24, 2.45) is 0 Å². The third-order valence-electron chi connectivity index (χ3n) is 11.6. The first-order valence-electron chi connectivity index (χ1n) is 20.4. The van der Waals surface area contributed by atoms with Crippen LogP contribution >= 0.6 is 0 Å². The Morgan fingerprint density at radius 3 is 0.825 bits per heavy atom. The summed E-state index contributed by atoms with van der Waals surface area (Å²) in [4.78, 5) is 4.79. The smallest absolute Gasteiger partial charge is 0.0473 e. The van der Waals surface area contributed by atoms with Crippen LogP contribution < -0.4 is 9.80 Å². The van der Waals surface area contributed by atoms with Gasteiger partial charge < -0.3 is 9.80 Å². The Kier molecular flexibility index (Phi) is 9.31. The van der Waals surface area contributed by atoms with E-state index in [0.29, 0.717) is 0 Å². The molecule has 0 unspecified atom stereocenters. The second kappa shape index (κ2) is 14.0. The summed E-state index contributed by atoms with van der Waals surface area (Å²) in [5, 5.41) is 7.54. The van der Waals surface area contributed by atoms with Crippen LogP contribution in [-0.2, 0) is 16.2 Å². The molecule has 0 aliphatic heterocycles. The number of anilines is 6. The quantitative estimate of drug-likeness (QED) is 0.150. The molecule has 0 saturated heterocycles. The van der Waals surface area contributed by atoms with Crippen LogP contribution in [0.1, 0.15) is 91.5 Å². The van der Waals surface area contributed by atoms with Gasteiger partial charge in [0.15, 0.2) is 0 Å². The zero-order valence-corrected chi connectivity index (χ0v) is 35.5. The highest BCUT2D eigenvalue weighted by Gasteiger charge is 2.22. The number of benzene rings is 8. The predicted molar refractivity (Wildman–Crippen MR) is 250 cm³/mol. The molecule has 8 rings (SSSR count). The minimum absolute atomic E-state index is 0.0772. The first kappa shape index (κ1) is 38.0. The summed E-state index contributed by atoms with van der Waals surface area (Å²) < 4.78 is 0. The van der Waals surface area contributed by atoms with Crippen molar-refractivity contribution >= 4 is 72.0 Å². The first-order chi connectivity index (χ1) is 27.0. The van der Waals surface area contributed by atoms with E-state index in [1.165, 1.54) is 49.0 Å². The lowest BCUT2D eigenvalue weighted by atomic mass is 9.86. The Morgan fingerprint density at radius 1 is 0.351 bits per heavy atom. The maximum absolute atomic E-state index is 4.18. The zero-order valence-electron chi connectivity index (χ0n) is 35.5. The summed E-state index contributed by atoms with van der Waals surface area (Å²) in [5.41, 5.74) is 13.3. The molecule has 8 aromatic rings. The number of rotatable bonds is 7. The fraction of sp³-hybridized carbons (Fsp3) is 0.236. The molecular weight excluding hydrogens is 689 g/mol. The minimum Gasteiger partial charge on any atom is -0.310 e. The standard InChI is InChI=1S/C55H56N2/c1-36(2)37-16-24-45(25-17-37)56(46-26-18-42(19-27-46)53(3,4)5)49-32-38-12-14-40-34-50(35-41-15-13-39(33-49)51(38)52(40)41)57(47-28-20-43(21-29-47)54(6,7)8)48-30-22-44(23-31-48)55(9,10)11/h12-35H,1H2,2-11H3. The number of allylic oxidation sites excluding steroid dienone is 1. The molecule has 0 spiro atoms. The van der Waals surface area contributed by atoms with Crippen molar-refractivity contribution in [1.29, 1.82) is 0 Å². The monoisotopic (exact) mass is 744 g/mol. The first-order valence-corrected chi connectivity index (χ1v) is 20.4. The highest BCUT2D eigenvalue weighted by molar-refractivity contribution is 6.24. The molecule has 0 saturated carbocycles. The van der Waals surface area contributed by atoms with Crippen LogP contribution in [0.2, 0.25) is 0 Å². The van der Waals surface area contributed by atoms with E-state index in [1.54, 1.807) is 0 Å². The summed E-state index contributed by atoms with van der Waals surface area (Å²) in [6.45, 7) is 26.7. The Bertz CT molecular complexity index is 2590. The van der Waals surface area contributed by atoms with Crippen molar-refractivity contribution in [3.8, 4) is 0 Å². The zero-order chi connectivity index (χ0) is 40.4. The predicted octanol–water partition coefficient (Wildman–Crippen LogP) is 16.4. The SMILES string of the molecule is C=C(C)c1ccc(N(c2ccc(C(C)(C)C)cc2)c2cc3ccc4cc(N(c5ccc(C(C)(C)C)cc5)c5ccc(C(C)(C)C)cc5)cc5ccc(c2)c3c45)cc1. The van der Waals surface area contributed by atoms with E-state index in [-0.39, 0.29) is 16.2 Å². The Labute approximate surface area is 340 Å². The number of hydrogen-bond donors (Lipinski definition) is 0. The summed E-state index contributed by atoms with van der Waals surface area (Å²) in [5.74, 6) is 0. The van der Waals surface area contributed by atoms with Gasteiger partial charge in [0.05, 0.1) is 0 Å². The van der Waals surface area contributed by atoms with Crippen molar-refractivity contribution in [2.45, 2.75) is 85.5 Å². The number of nitrogens with zero attached hydrogens (tertiary/aromatic N) is 2. The van der Waals surface area contributed by atoms with E-state index in [2.05, 4.69) is 231 Å². The number of hydrogen-bond acceptors (Lipinski definition) is 2. The van der Waals surface area contributed by atoms with Crippen LogP contribution in [0, 0.1) is 0 Å². The topological polar surface area (TPSA) is 6.48 Å². The van der Waals surface area contributed by atoms with Gasteiger partial charge in [0.25, 0.3) is 0 Å².